The van der Waals surface area contributed by atoms with Crippen LogP contribution in [-0.2, 0) is 14.0 Å². The Bertz CT molecular complexity index is 740. The summed E-state index contributed by atoms with van der Waals surface area (Å²) in [6.45, 7) is 13.9. The zero-order valence-electron chi connectivity index (χ0n) is 19.0. The van der Waals surface area contributed by atoms with Crippen molar-refractivity contribution in [1.82, 2.24) is 5.32 Å². The molecule has 8 heteroatoms. The highest BCUT2D eigenvalue weighted by Crippen LogP contribution is 2.39. The van der Waals surface area contributed by atoms with E-state index < -0.39 is 35.7 Å². The molecule has 0 aliphatic carbocycles. The first kappa shape index (κ1) is 24.2. The fraction of sp³-hybridized carbons (Fsp3) is 0.591. The molecule has 6 nitrogen and oxygen atoms in total. The molecule has 30 heavy (non-hydrogen) atoms. The molecule has 0 spiro atoms. The first-order chi connectivity index (χ1) is 13.8. The molecule has 1 aromatic rings. The van der Waals surface area contributed by atoms with Crippen molar-refractivity contribution in [3.8, 4) is 5.75 Å². The Balaban J connectivity index is 1.77. The highest BCUT2D eigenvalue weighted by molar-refractivity contribution is 6.54. The predicted octanol–water partition coefficient (Wildman–Crippen LogP) is 4.92. The maximum atomic E-state index is 14.6. The summed E-state index contributed by atoms with van der Waals surface area (Å²) in [5, 5.41) is 2.68. The zero-order chi connectivity index (χ0) is 22.6. The summed E-state index contributed by atoms with van der Waals surface area (Å²) in [4.78, 5) is 11.6. The summed E-state index contributed by atoms with van der Waals surface area (Å²) < 4.78 is 36.8. The number of alkyl carbamates (subject to hydrolysis) is 1. The summed E-state index contributed by atoms with van der Waals surface area (Å²) in [7, 11) is -1.01. The quantitative estimate of drug-likeness (QED) is 0.500. The topological polar surface area (TPSA) is 66.0 Å². The lowest BCUT2D eigenvalue weighted by Gasteiger charge is -2.32. The Morgan fingerprint density at radius 3 is 2.23 bits per heavy atom. The average molecular weight is 421 g/mol. The smallest absolute Gasteiger partial charge is 0.494 e. The molecule has 0 atom stereocenters. The molecule has 0 unspecified atom stereocenters. The summed E-state index contributed by atoms with van der Waals surface area (Å²) in [5.41, 5.74) is -1.48. The van der Waals surface area contributed by atoms with E-state index in [1.54, 1.807) is 24.3 Å². The highest BCUT2D eigenvalue weighted by Gasteiger charge is 2.53. The van der Waals surface area contributed by atoms with Gasteiger partial charge in [0, 0.05) is 6.54 Å². The average Bonchev–Trinajstić information content (AvgIpc) is 2.82. The number of hydrogen-bond acceptors (Lipinski definition) is 5. The third kappa shape index (κ3) is 7.02. The van der Waals surface area contributed by atoms with Gasteiger partial charge >= 0.3 is 13.2 Å². The van der Waals surface area contributed by atoms with Crippen LogP contribution < -0.4 is 10.1 Å². The van der Waals surface area contributed by atoms with E-state index in [0.29, 0.717) is 30.9 Å². The SMILES string of the molecule is CC(C)(C)OC(=O)NCCCOc1ccc(C=C(F)B2OC(C)(C)C(C)(C)O2)cc1. The van der Waals surface area contributed by atoms with Crippen molar-refractivity contribution in [2.45, 2.75) is 71.7 Å². The minimum absolute atomic E-state index is 0.438. The number of hydrogen-bond donors (Lipinski definition) is 1. The van der Waals surface area contributed by atoms with Crippen LogP contribution in [-0.4, -0.2) is 43.2 Å². The molecule has 0 aromatic heterocycles. The van der Waals surface area contributed by atoms with Crippen LogP contribution in [0.5, 0.6) is 5.75 Å². The lowest BCUT2D eigenvalue weighted by atomic mass is 9.87. The normalized spacial score (nSPS) is 18.3. The Morgan fingerprint density at radius 2 is 1.70 bits per heavy atom. The maximum Gasteiger partial charge on any atom is 0.525 e. The number of benzene rings is 1. The molecule has 1 aliphatic rings. The maximum absolute atomic E-state index is 14.6. The van der Waals surface area contributed by atoms with E-state index in [1.807, 2.05) is 48.5 Å². The van der Waals surface area contributed by atoms with E-state index in [4.69, 9.17) is 18.8 Å². The van der Waals surface area contributed by atoms with Gasteiger partial charge in [-0.15, -0.1) is 0 Å². The van der Waals surface area contributed by atoms with E-state index in [9.17, 15) is 9.18 Å². The van der Waals surface area contributed by atoms with Crippen LogP contribution in [0.4, 0.5) is 9.18 Å². The van der Waals surface area contributed by atoms with E-state index in [2.05, 4.69) is 5.32 Å². The third-order valence-corrected chi connectivity index (χ3v) is 4.92. The molecule has 166 valence electrons. The standard InChI is InChI=1S/C22H33BFNO5/c1-20(2,3)28-19(26)25-13-8-14-27-17-11-9-16(10-12-17)15-18(24)23-29-21(4,5)22(6,7)30-23/h9-12,15H,8,13-14H2,1-7H3,(H,25,26). The summed E-state index contributed by atoms with van der Waals surface area (Å²) in [6, 6.07) is 7.06. The van der Waals surface area contributed by atoms with Crippen molar-refractivity contribution in [2.24, 2.45) is 0 Å². The molecule has 1 fully saturated rings. The molecule has 1 heterocycles. The first-order valence-corrected chi connectivity index (χ1v) is 10.2. The third-order valence-electron chi connectivity index (χ3n) is 4.92. The van der Waals surface area contributed by atoms with Crippen LogP contribution in [0.15, 0.2) is 30.0 Å². The predicted molar refractivity (Wildman–Crippen MR) is 116 cm³/mol. The van der Waals surface area contributed by atoms with Gasteiger partial charge in [-0.05, 0) is 78.7 Å². The van der Waals surface area contributed by atoms with Crippen LogP contribution in [0.25, 0.3) is 6.08 Å². The van der Waals surface area contributed by atoms with E-state index in [0.717, 1.165) is 0 Å². The van der Waals surface area contributed by atoms with Crippen molar-refractivity contribution >= 4 is 19.3 Å². The summed E-state index contributed by atoms with van der Waals surface area (Å²) in [5.74, 6) is 0.667. The van der Waals surface area contributed by atoms with E-state index in [1.165, 1.54) is 6.08 Å². The van der Waals surface area contributed by atoms with Gasteiger partial charge in [-0.1, -0.05) is 12.1 Å². The Kier molecular flexibility index (Phi) is 7.58. The molecule has 0 saturated carbocycles. The molecule has 1 saturated heterocycles. The van der Waals surface area contributed by atoms with Crippen LogP contribution in [0.2, 0.25) is 0 Å². The monoisotopic (exact) mass is 421 g/mol. The van der Waals surface area contributed by atoms with Crippen LogP contribution >= 0.6 is 0 Å². The molecule has 1 N–H and O–H groups in total. The lowest BCUT2D eigenvalue weighted by Crippen LogP contribution is -2.41. The van der Waals surface area contributed by atoms with Gasteiger partial charge in [-0.2, -0.15) is 0 Å². The first-order valence-electron chi connectivity index (χ1n) is 10.2. The molecule has 1 amide bonds. The minimum Gasteiger partial charge on any atom is -0.494 e. The van der Waals surface area contributed by atoms with Crippen molar-refractivity contribution in [3.05, 3.63) is 35.6 Å². The lowest BCUT2D eigenvalue weighted by molar-refractivity contribution is 0.00578. The van der Waals surface area contributed by atoms with Crippen molar-refractivity contribution in [1.29, 1.82) is 0 Å². The largest absolute Gasteiger partial charge is 0.525 e. The van der Waals surface area contributed by atoms with E-state index in [-0.39, 0.29) is 0 Å². The van der Waals surface area contributed by atoms with Gasteiger partial charge in [0.05, 0.1) is 17.8 Å². The van der Waals surface area contributed by atoms with Crippen molar-refractivity contribution < 1.29 is 28.0 Å². The van der Waals surface area contributed by atoms with Crippen LogP contribution in [0.3, 0.4) is 0 Å². The minimum atomic E-state index is -1.01. The van der Waals surface area contributed by atoms with Crippen LogP contribution in [0.1, 0.15) is 60.5 Å². The number of carbonyl (C=O) groups is 1. The fourth-order valence-corrected chi connectivity index (χ4v) is 2.61. The fourth-order valence-electron chi connectivity index (χ4n) is 2.61. The van der Waals surface area contributed by atoms with Gasteiger partial charge in [0.1, 0.15) is 17.1 Å². The zero-order valence-corrected chi connectivity index (χ0v) is 19.0. The second-order valence-corrected chi connectivity index (χ2v) is 9.32. The summed E-state index contributed by atoms with van der Waals surface area (Å²) >= 11 is 0. The Hall–Kier alpha value is -2.06. The van der Waals surface area contributed by atoms with Crippen molar-refractivity contribution in [2.75, 3.05) is 13.2 Å². The number of halogens is 1. The molecule has 1 aliphatic heterocycles. The molecular weight excluding hydrogens is 388 g/mol. The second-order valence-electron chi connectivity index (χ2n) is 9.32. The highest BCUT2D eigenvalue weighted by atomic mass is 19.1. The number of ether oxygens (including phenoxy) is 2. The molecule has 0 bridgehead atoms. The molecular formula is C22H33BFNO5. The number of rotatable bonds is 7. The van der Waals surface area contributed by atoms with Gasteiger partial charge in [0.2, 0.25) is 0 Å². The van der Waals surface area contributed by atoms with Gasteiger partial charge in [-0.3, -0.25) is 0 Å². The van der Waals surface area contributed by atoms with Gasteiger partial charge in [0.25, 0.3) is 0 Å². The van der Waals surface area contributed by atoms with E-state index >= 15 is 0 Å². The van der Waals surface area contributed by atoms with Gasteiger partial charge < -0.3 is 24.1 Å². The van der Waals surface area contributed by atoms with Gasteiger partial charge in [0.15, 0.2) is 0 Å². The van der Waals surface area contributed by atoms with Crippen molar-refractivity contribution in [3.63, 3.8) is 0 Å². The Labute approximate surface area is 179 Å². The second kappa shape index (κ2) is 9.39. The van der Waals surface area contributed by atoms with Crippen LogP contribution in [0, 0.1) is 0 Å². The van der Waals surface area contributed by atoms with Gasteiger partial charge in [-0.25, -0.2) is 9.18 Å². The molecule has 1 aromatic carbocycles. The molecule has 0 radical (unpaired) electrons. The number of nitrogens with one attached hydrogen (secondary N) is 1. The number of amides is 1. The Morgan fingerprint density at radius 1 is 1.13 bits per heavy atom. The number of carbonyl (C=O) groups excluding carboxylic acids is 1. The molecule has 2 rings (SSSR count). The summed E-state index contributed by atoms with van der Waals surface area (Å²) in [6.07, 6.45) is 1.59.